The van der Waals surface area contributed by atoms with Crippen LogP contribution in [0.3, 0.4) is 0 Å². The summed E-state index contributed by atoms with van der Waals surface area (Å²) in [6, 6.07) is 25.9. The van der Waals surface area contributed by atoms with Crippen molar-refractivity contribution in [3.63, 3.8) is 0 Å². The maximum atomic E-state index is 13.1. The van der Waals surface area contributed by atoms with Crippen LogP contribution in [-0.4, -0.2) is 37.1 Å². The zero-order valence-corrected chi connectivity index (χ0v) is 22.2. The van der Waals surface area contributed by atoms with Gasteiger partial charge in [0.2, 0.25) is 0 Å². The molecule has 6 rings (SSSR count). The molecule has 2 aromatic heterocycles. The number of halogens is 1. The molecule has 0 aliphatic heterocycles. The first-order chi connectivity index (χ1) is 20.2. The quantitative estimate of drug-likeness (QED) is 0.143. The summed E-state index contributed by atoms with van der Waals surface area (Å²) in [7, 11) is 0. The lowest BCUT2D eigenvalue weighted by Gasteiger charge is -2.04. The third kappa shape index (κ3) is 6.86. The maximum absolute atomic E-state index is 13.1. The molecule has 0 aliphatic rings. The molecule has 0 unspecified atom stereocenters. The van der Waals surface area contributed by atoms with Crippen LogP contribution in [0.25, 0.3) is 21.8 Å². The largest absolute Gasteiger partial charge is 0.508 e. The molecule has 4 aromatic carbocycles. The Morgan fingerprint density at radius 2 is 1.07 bits per heavy atom. The van der Waals surface area contributed by atoms with Gasteiger partial charge >= 0.3 is 0 Å². The van der Waals surface area contributed by atoms with E-state index < -0.39 is 0 Å². The molecule has 0 fully saturated rings. The van der Waals surface area contributed by atoms with Crippen LogP contribution in [0, 0.1) is 5.82 Å². The van der Waals surface area contributed by atoms with E-state index >= 15 is 0 Å². The van der Waals surface area contributed by atoms with Crippen LogP contribution in [0.4, 0.5) is 4.39 Å². The molecule has 212 valence electrons. The molecular formula is C32H27FN4O5. The monoisotopic (exact) mass is 566 g/mol. The standard InChI is InChI=1S/C16H13FN2O2.C16H14N2O3/c17-12-4-5-14-11(7-12)8-15(19-14)16(21)18-9-10-2-1-3-13(20)6-10;19-12-3-1-2-10(6-12)9-17-16(21)15-8-11-7-13(20)4-5-14(11)18-15/h1-8,19-20H,9H2,(H,18,21);1-8,18-20H,9H2,(H,17,21). The molecule has 0 saturated carbocycles. The molecule has 10 heteroatoms. The zero-order chi connectivity index (χ0) is 29.6. The second kappa shape index (κ2) is 12.2. The lowest BCUT2D eigenvalue weighted by atomic mass is 10.2. The van der Waals surface area contributed by atoms with Gasteiger partial charge in [-0.05, 0) is 83.9 Å². The first-order valence-electron chi connectivity index (χ1n) is 13.0. The van der Waals surface area contributed by atoms with Crippen LogP contribution in [0.15, 0.2) is 97.1 Å². The van der Waals surface area contributed by atoms with Gasteiger partial charge < -0.3 is 35.9 Å². The number of phenolic OH excluding ortho intramolecular Hbond substituents is 3. The summed E-state index contributed by atoms with van der Waals surface area (Å²) < 4.78 is 13.1. The predicted molar refractivity (Wildman–Crippen MR) is 157 cm³/mol. The number of aromatic nitrogens is 2. The van der Waals surface area contributed by atoms with Crippen molar-refractivity contribution < 1.29 is 29.3 Å². The Morgan fingerprint density at radius 1 is 0.595 bits per heavy atom. The van der Waals surface area contributed by atoms with Crippen LogP contribution < -0.4 is 10.6 Å². The van der Waals surface area contributed by atoms with E-state index in [1.54, 1.807) is 78.9 Å². The van der Waals surface area contributed by atoms with Crippen LogP contribution in [0.1, 0.15) is 32.1 Å². The molecule has 6 aromatic rings. The second-order valence-electron chi connectivity index (χ2n) is 9.57. The molecule has 0 radical (unpaired) electrons. The van der Waals surface area contributed by atoms with Crippen LogP contribution in [0.5, 0.6) is 17.2 Å². The molecule has 2 heterocycles. The number of phenols is 3. The minimum Gasteiger partial charge on any atom is -0.508 e. The predicted octanol–water partition coefficient (Wildman–Crippen LogP) is 5.45. The number of amides is 2. The Morgan fingerprint density at radius 3 is 1.60 bits per heavy atom. The highest BCUT2D eigenvalue weighted by Crippen LogP contribution is 2.21. The van der Waals surface area contributed by atoms with Gasteiger partial charge in [0.1, 0.15) is 34.5 Å². The van der Waals surface area contributed by atoms with Crippen molar-refractivity contribution in [3.05, 3.63) is 125 Å². The van der Waals surface area contributed by atoms with E-state index in [2.05, 4.69) is 20.6 Å². The highest BCUT2D eigenvalue weighted by Gasteiger charge is 2.11. The number of carbonyl (C=O) groups is 2. The smallest absolute Gasteiger partial charge is 0.267 e. The number of fused-ring (bicyclic) bond motifs is 2. The number of nitrogens with one attached hydrogen (secondary N) is 4. The lowest BCUT2D eigenvalue weighted by molar-refractivity contribution is 0.0939. The minimum atomic E-state index is -0.340. The van der Waals surface area contributed by atoms with Crippen molar-refractivity contribution in [1.29, 1.82) is 0 Å². The first-order valence-corrected chi connectivity index (χ1v) is 13.0. The van der Waals surface area contributed by atoms with Gasteiger partial charge in [0.15, 0.2) is 0 Å². The van der Waals surface area contributed by atoms with Gasteiger partial charge in [0.25, 0.3) is 11.8 Å². The van der Waals surface area contributed by atoms with E-state index in [0.29, 0.717) is 35.4 Å². The van der Waals surface area contributed by atoms with Crippen molar-refractivity contribution in [2.24, 2.45) is 0 Å². The third-order valence-corrected chi connectivity index (χ3v) is 6.40. The van der Waals surface area contributed by atoms with E-state index in [-0.39, 0.29) is 34.9 Å². The van der Waals surface area contributed by atoms with Gasteiger partial charge in [-0.3, -0.25) is 9.59 Å². The summed E-state index contributed by atoms with van der Waals surface area (Å²) in [5.41, 5.74) is 3.91. The third-order valence-electron chi connectivity index (χ3n) is 6.40. The molecule has 0 bridgehead atoms. The summed E-state index contributed by atoms with van der Waals surface area (Å²) in [6.07, 6.45) is 0. The van der Waals surface area contributed by atoms with E-state index in [0.717, 1.165) is 22.0 Å². The Balaban J connectivity index is 0.000000168. The summed E-state index contributed by atoms with van der Waals surface area (Å²) >= 11 is 0. The lowest BCUT2D eigenvalue weighted by Crippen LogP contribution is -2.22. The number of benzene rings is 4. The SMILES string of the molecule is O=C(NCc1cccc(O)c1)c1cc2cc(F)ccc2[nH]1.O=C(NCc1cccc(O)c1)c1cc2cc(O)ccc2[nH]1. The summed E-state index contributed by atoms with van der Waals surface area (Å²) in [6.45, 7) is 0.630. The number of aromatic hydroxyl groups is 3. The molecule has 0 saturated heterocycles. The molecular weight excluding hydrogens is 539 g/mol. The van der Waals surface area contributed by atoms with Gasteiger partial charge in [-0.15, -0.1) is 0 Å². The van der Waals surface area contributed by atoms with Crippen LogP contribution >= 0.6 is 0 Å². The van der Waals surface area contributed by atoms with E-state index in [9.17, 15) is 29.3 Å². The minimum absolute atomic E-state index is 0.155. The Hall–Kier alpha value is -5.77. The summed E-state index contributed by atoms with van der Waals surface area (Å²) in [5, 5.41) is 35.1. The molecule has 9 nitrogen and oxygen atoms in total. The number of aromatic amines is 2. The van der Waals surface area contributed by atoms with Crippen molar-refractivity contribution >= 4 is 33.6 Å². The normalized spacial score (nSPS) is 10.7. The Bertz CT molecular complexity index is 1760. The summed E-state index contributed by atoms with van der Waals surface area (Å²) in [4.78, 5) is 30.1. The number of hydrogen-bond acceptors (Lipinski definition) is 5. The maximum Gasteiger partial charge on any atom is 0.267 e. The second-order valence-corrected chi connectivity index (χ2v) is 9.57. The van der Waals surface area contributed by atoms with Gasteiger partial charge in [-0.25, -0.2) is 4.39 Å². The van der Waals surface area contributed by atoms with Crippen molar-refractivity contribution in [2.45, 2.75) is 13.1 Å². The van der Waals surface area contributed by atoms with Crippen LogP contribution in [-0.2, 0) is 13.1 Å². The average molecular weight is 567 g/mol. The topological polar surface area (TPSA) is 150 Å². The van der Waals surface area contributed by atoms with Gasteiger partial charge in [-0.1, -0.05) is 24.3 Å². The fourth-order valence-electron chi connectivity index (χ4n) is 4.36. The zero-order valence-electron chi connectivity index (χ0n) is 22.2. The fraction of sp³-hybridized carbons (Fsp3) is 0.0625. The Labute approximate surface area is 239 Å². The number of rotatable bonds is 6. The highest BCUT2D eigenvalue weighted by molar-refractivity contribution is 5.98. The van der Waals surface area contributed by atoms with Gasteiger partial charge in [-0.2, -0.15) is 0 Å². The molecule has 2 amide bonds. The molecule has 7 N–H and O–H groups in total. The van der Waals surface area contributed by atoms with E-state index in [4.69, 9.17) is 0 Å². The first kappa shape index (κ1) is 27.8. The molecule has 0 spiro atoms. The van der Waals surface area contributed by atoms with E-state index in [1.165, 1.54) is 12.1 Å². The fourth-order valence-corrected chi connectivity index (χ4v) is 4.36. The van der Waals surface area contributed by atoms with Gasteiger partial charge in [0, 0.05) is 34.9 Å². The van der Waals surface area contributed by atoms with Crippen LogP contribution in [0.2, 0.25) is 0 Å². The Kier molecular flexibility index (Phi) is 8.05. The van der Waals surface area contributed by atoms with E-state index in [1.807, 2.05) is 6.07 Å². The van der Waals surface area contributed by atoms with Crippen molar-refractivity contribution in [3.8, 4) is 17.2 Å². The highest BCUT2D eigenvalue weighted by atomic mass is 19.1. The molecule has 0 atom stereocenters. The van der Waals surface area contributed by atoms with Crippen molar-refractivity contribution in [2.75, 3.05) is 0 Å². The number of hydrogen-bond donors (Lipinski definition) is 7. The molecule has 42 heavy (non-hydrogen) atoms. The van der Waals surface area contributed by atoms with Gasteiger partial charge in [0.05, 0.1) is 0 Å². The number of carbonyl (C=O) groups excluding carboxylic acids is 2. The number of H-pyrrole nitrogens is 2. The molecule has 0 aliphatic carbocycles. The average Bonchev–Trinajstić information content (AvgIpc) is 3.59. The summed E-state index contributed by atoms with van der Waals surface area (Å²) in [5.74, 6) is -0.379. The van der Waals surface area contributed by atoms with Crippen molar-refractivity contribution in [1.82, 2.24) is 20.6 Å².